The van der Waals surface area contributed by atoms with Crippen molar-refractivity contribution in [1.29, 1.82) is 0 Å². The minimum absolute atomic E-state index is 0.0371. The van der Waals surface area contributed by atoms with Crippen LogP contribution in [0.15, 0.2) is 85.1 Å². The molecule has 5 nitrogen and oxygen atoms in total. The summed E-state index contributed by atoms with van der Waals surface area (Å²) in [7, 11) is 0. The van der Waals surface area contributed by atoms with E-state index in [-0.39, 0.29) is 11.8 Å². The number of esters is 1. The number of para-hydroxylation sites is 1. The minimum atomic E-state index is -0.195. The lowest BCUT2D eigenvalue weighted by atomic mass is 10.0. The Bertz CT molecular complexity index is 1230. The summed E-state index contributed by atoms with van der Waals surface area (Å²) < 4.78 is 12.9. The van der Waals surface area contributed by atoms with Crippen molar-refractivity contribution < 1.29 is 19.1 Å². The maximum atomic E-state index is 13.3. The van der Waals surface area contributed by atoms with Gasteiger partial charge in [-0.25, -0.2) is 0 Å². The second kappa shape index (κ2) is 10.6. The molecule has 168 valence electrons. The highest BCUT2D eigenvalue weighted by molar-refractivity contribution is 6.16. The number of carbonyl (C=O) groups excluding carboxylic acids is 2. The highest BCUT2D eigenvalue weighted by atomic mass is 16.5. The lowest BCUT2D eigenvalue weighted by Crippen LogP contribution is -2.06. The summed E-state index contributed by atoms with van der Waals surface area (Å²) in [6, 6.07) is 25.1. The van der Waals surface area contributed by atoms with Crippen molar-refractivity contribution in [3.8, 4) is 5.75 Å². The van der Waals surface area contributed by atoms with E-state index in [2.05, 4.69) is 0 Å². The first-order valence-corrected chi connectivity index (χ1v) is 11.2. The molecule has 0 aliphatic heterocycles. The van der Waals surface area contributed by atoms with Crippen molar-refractivity contribution in [3.63, 3.8) is 0 Å². The summed E-state index contributed by atoms with van der Waals surface area (Å²) in [6.45, 7) is 3.31. The van der Waals surface area contributed by atoms with Crippen LogP contribution in [0.3, 0.4) is 0 Å². The predicted molar refractivity (Wildman–Crippen MR) is 128 cm³/mol. The second-order valence-corrected chi connectivity index (χ2v) is 7.79. The molecule has 0 aliphatic rings. The van der Waals surface area contributed by atoms with Gasteiger partial charge in [-0.1, -0.05) is 48.5 Å². The number of nitrogens with zero attached hydrogens (tertiary/aromatic N) is 1. The summed E-state index contributed by atoms with van der Waals surface area (Å²) in [5.74, 6) is 0.488. The standard InChI is InChI=1S/C28H27NO4/c1-2-32-27(30)13-8-18-29-19-25(24-11-6-7-12-26(24)29)28(31)22-14-16-23(17-15-22)33-20-21-9-4-3-5-10-21/h3-7,9-12,14-17,19H,2,8,13,18,20H2,1H3. The Labute approximate surface area is 193 Å². The Kier molecular flexibility index (Phi) is 7.20. The number of fused-ring (bicyclic) bond motifs is 1. The van der Waals surface area contributed by atoms with E-state index in [1.807, 2.05) is 77.5 Å². The van der Waals surface area contributed by atoms with E-state index in [4.69, 9.17) is 9.47 Å². The molecule has 5 heteroatoms. The van der Waals surface area contributed by atoms with Crippen LogP contribution >= 0.6 is 0 Å². The molecule has 0 aliphatic carbocycles. The summed E-state index contributed by atoms with van der Waals surface area (Å²) in [4.78, 5) is 25.0. The van der Waals surface area contributed by atoms with Gasteiger partial charge in [0.2, 0.25) is 0 Å². The highest BCUT2D eigenvalue weighted by Gasteiger charge is 2.17. The summed E-state index contributed by atoms with van der Waals surface area (Å²) in [6.07, 6.45) is 2.89. The number of ether oxygens (including phenoxy) is 2. The average Bonchev–Trinajstić information content (AvgIpc) is 3.22. The van der Waals surface area contributed by atoms with Crippen molar-refractivity contribution in [2.24, 2.45) is 0 Å². The fourth-order valence-electron chi connectivity index (χ4n) is 3.84. The van der Waals surface area contributed by atoms with E-state index in [1.54, 1.807) is 19.1 Å². The maximum Gasteiger partial charge on any atom is 0.305 e. The average molecular weight is 442 g/mol. The Morgan fingerprint density at radius 3 is 2.36 bits per heavy atom. The number of benzene rings is 3. The molecule has 1 aromatic heterocycles. The smallest absolute Gasteiger partial charge is 0.305 e. The molecule has 4 aromatic rings. The molecule has 0 unspecified atom stereocenters. The van der Waals surface area contributed by atoms with Gasteiger partial charge in [0.1, 0.15) is 12.4 Å². The Morgan fingerprint density at radius 2 is 1.61 bits per heavy atom. The van der Waals surface area contributed by atoms with Gasteiger partial charge in [-0.3, -0.25) is 9.59 Å². The lowest BCUT2D eigenvalue weighted by Gasteiger charge is -2.07. The van der Waals surface area contributed by atoms with Gasteiger partial charge < -0.3 is 14.0 Å². The first-order valence-electron chi connectivity index (χ1n) is 11.2. The third kappa shape index (κ3) is 5.50. The molecule has 1 heterocycles. The zero-order valence-corrected chi connectivity index (χ0v) is 18.7. The van der Waals surface area contributed by atoms with E-state index in [1.165, 1.54) is 0 Å². The topological polar surface area (TPSA) is 57.5 Å². The lowest BCUT2D eigenvalue weighted by molar-refractivity contribution is -0.143. The SMILES string of the molecule is CCOC(=O)CCCn1cc(C(=O)c2ccc(OCc3ccccc3)cc2)c2ccccc21. The van der Waals surface area contributed by atoms with Crippen molar-refractivity contribution in [3.05, 3.63) is 102 Å². The molecule has 4 rings (SSSR count). The molecule has 0 saturated heterocycles. The van der Waals surface area contributed by atoms with Crippen molar-refractivity contribution >= 4 is 22.7 Å². The number of ketones is 1. The van der Waals surface area contributed by atoms with E-state index in [0.29, 0.717) is 43.7 Å². The molecule has 0 saturated carbocycles. The van der Waals surface area contributed by atoms with Gasteiger partial charge in [-0.2, -0.15) is 0 Å². The molecule has 0 fully saturated rings. The zero-order valence-electron chi connectivity index (χ0n) is 18.7. The molecule has 0 spiro atoms. The molecule has 0 atom stereocenters. The quantitative estimate of drug-likeness (QED) is 0.231. The van der Waals surface area contributed by atoms with Gasteiger partial charge in [0, 0.05) is 41.2 Å². The normalized spacial score (nSPS) is 10.8. The summed E-state index contributed by atoms with van der Waals surface area (Å²) >= 11 is 0. The monoisotopic (exact) mass is 441 g/mol. The van der Waals surface area contributed by atoms with Crippen LogP contribution in [0.5, 0.6) is 5.75 Å². The third-order valence-electron chi connectivity index (χ3n) is 5.48. The van der Waals surface area contributed by atoms with Gasteiger partial charge in [-0.05, 0) is 49.2 Å². The first kappa shape index (κ1) is 22.3. The van der Waals surface area contributed by atoms with Crippen LogP contribution in [0.2, 0.25) is 0 Å². The van der Waals surface area contributed by atoms with Crippen molar-refractivity contribution in [2.45, 2.75) is 32.9 Å². The maximum absolute atomic E-state index is 13.3. The molecule has 33 heavy (non-hydrogen) atoms. The Morgan fingerprint density at radius 1 is 0.879 bits per heavy atom. The number of hydrogen-bond donors (Lipinski definition) is 0. The van der Waals surface area contributed by atoms with Crippen LogP contribution in [0, 0.1) is 0 Å². The zero-order chi connectivity index (χ0) is 23.0. The number of rotatable bonds is 10. The third-order valence-corrected chi connectivity index (χ3v) is 5.48. The van der Waals surface area contributed by atoms with Gasteiger partial charge in [0.05, 0.1) is 6.61 Å². The Balaban J connectivity index is 1.47. The summed E-state index contributed by atoms with van der Waals surface area (Å²) in [5.41, 5.74) is 3.33. The van der Waals surface area contributed by atoms with Crippen LogP contribution in [0.4, 0.5) is 0 Å². The summed E-state index contributed by atoms with van der Waals surface area (Å²) in [5, 5.41) is 0.906. The van der Waals surface area contributed by atoms with E-state index in [0.717, 1.165) is 22.2 Å². The second-order valence-electron chi connectivity index (χ2n) is 7.79. The highest BCUT2D eigenvalue weighted by Crippen LogP contribution is 2.25. The van der Waals surface area contributed by atoms with E-state index < -0.39 is 0 Å². The molecular formula is C28H27NO4. The largest absolute Gasteiger partial charge is 0.489 e. The Hall–Kier alpha value is -3.86. The molecular weight excluding hydrogens is 414 g/mol. The fourth-order valence-corrected chi connectivity index (χ4v) is 3.84. The van der Waals surface area contributed by atoms with Crippen LogP contribution in [-0.4, -0.2) is 22.9 Å². The first-order chi connectivity index (χ1) is 16.2. The number of aromatic nitrogens is 1. The van der Waals surface area contributed by atoms with Crippen LogP contribution in [0.1, 0.15) is 41.3 Å². The molecule has 0 amide bonds. The van der Waals surface area contributed by atoms with E-state index in [9.17, 15) is 9.59 Å². The van der Waals surface area contributed by atoms with Gasteiger partial charge >= 0.3 is 5.97 Å². The van der Waals surface area contributed by atoms with E-state index >= 15 is 0 Å². The van der Waals surface area contributed by atoms with Crippen molar-refractivity contribution in [2.75, 3.05) is 6.61 Å². The van der Waals surface area contributed by atoms with Gasteiger partial charge in [0.25, 0.3) is 0 Å². The predicted octanol–water partition coefficient (Wildman–Crippen LogP) is 5.79. The van der Waals surface area contributed by atoms with Crippen LogP contribution in [0.25, 0.3) is 10.9 Å². The van der Waals surface area contributed by atoms with Crippen molar-refractivity contribution in [1.82, 2.24) is 4.57 Å². The molecule has 0 bridgehead atoms. The minimum Gasteiger partial charge on any atom is -0.489 e. The molecule has 3 aromatic carbocycles. The fraction of sp³-hybridized carbons (Fsp3) is 0.214. The number of carbonyl (C=O) groups is 2. The molecule has 0 N–H and O–H groups in total. The van der Waals surface area contributed by atoms with Gasteiger partial charge in [0.15, 0.2) is 5.78 Å². The number of hydrogen-bond acceptors (Lipinski definition) is 4. The van der Waals surface area contributed by atoms with Gasteiger partial charge in [-0.15, -0.1) is 0 Å². The van der Waals surface area contributed by atoms with Crippen LogP contribution in [-0.2, 0) is 22.7 Å². The number of aryl methyl sites for hydroxylation is 1. The molecule has 0 radical (unpaired) electrons. The van der Waals surface area contributed by atoms with Crippen LogP contribution < -0.4 is 4.74 Å².